The molecule has 4 heteroatoms. The molecule has 0 aliphatic carbocycles. The average molecular weight is 234 g/mol. The molecule has 4 nitrogen and oxygen atoms in total. The molecule has 0 fully saturated rings. The molecule has 0 bridgehead atoms. The maximum atomic E-state index is 5.64. The van der Waals surface area contributed by atoms with Crippen molar-refractivity contribution in [2.24, 2.45) is 10.7 Å². The normalized spacial score (nSPS) is 13.8. The molecular formula is C13H22N4. The van der Waals surface area contributed by atoms with E-state index in [9.17, 15) is 0 Å². The minimum absolute atomic E-state index is 0.288. The van der Waals surface area contributed by atoms with Crippen LogP contribution < -0.4 is 11.1 Å². The second-order valence-electron chi connectivity index (χ2n) is 4.38. The van der Waals surface area contributed by atoms with E-state index in [2.05, 4.69) is 60.5 Å². The molecule has 0 heterocycles. The van der Waals surface area contributed by atoms with Gasteiger partial charge >= 0.3 is 0 Å². The van der Waals surface area contributed by atoms with Gasteiger partial charge in [0.25, 0.3) is 0 Å². The van der Waals surface area contributed by atoms with E-state index in [1.54, 1.807) is 7.05 Å². The van der Waals surface area contributed by atoms with Crippen LogP contribution in [0, 0.1) is 6.92 Å². The second kappa shape index (κ2) is 6.25. The summed E-state index contributed by atoms with van der Waals surface area (Å²) in [5.41, 5.74) is 8.19. The van der Waals surface area contributed by atoms with Crippen molar-refractivity contribution in [1.82, 2.24) is 10.2 Å². The molecule has 0 radical (unpaired) electrons. The highest BCUT2D eigenvalue weighted by Crippen LogP contribution is 2.17. The lowest BCUT2D eigenvalue weighted by Gasteiger charge is -2.25. The summed E-state index contributed by atoms with van der Waals surface area (Å²) >= 11 is 0. The molecule has 1 aromatic rings. The lowest BCUT2D eigenvalue weighted by atomic mass is 10.0. The van der Waals surface area contributed by atoms with E-state index in [4.69, 9.17) is 5.73 Å². The van der Waals surface area contributed by atoms with Gasteiger partial charge in [-0.1, -0.05) is 29.8 Å². The molecule has 0 amide bonds. The van der Waals surface area contributed by atoms with E-state index >= 15 is 0 Å². The molecule has 94 valence electrons. The van der Waals surface area contributed by atoms with Crippen LogP contribution in [0.3, 0.4) is 0 Å². The number of aliphatic imine (C=N–C) groups is 1. The molecule has 0 spiro atoms. The van der Waals surface area contributed by atoms with Crippen LogP contribution in [0.4, 0.5) is 0 Å². The van der Waals surface area contributed by atoms with Crippen molar-refractivity contribution in [2.75, 3.05) is 27.7 Å². The Morgan fingerprint density at radius 3 is 2.41 bits per heavy atom. The first-order valence-corrected chi connectivity index (χ1v) is 5.73. The van der Waals surface area contributed by atoms with Gasteiger partial charge in [-0.15, -0.1) is 0 Å². The Bertz CT molecular complexity index is 368. The number of benzene rings is 1. The van der Waals surface area contributed by atoms with Gasteiger partial charge in [0, 0.05) is 13.6 Å². The summed E-state index contributed by atoms with van der Waals surface area (Å²) in [5.74, 6) is 0.476. The van der Waals surface area contributed by atoms with Gasteiger partial charge in [0.05, 0.1) is 6.04 Å². The van der Waals surface area contributed by atoms with E-state index in [1.165, 1.54) is 11.1 Å². The smallest absolute Gasteiger partial charge is 0.188 e. The summed E-state index contributed by atoms with van der Waals surface area (Å²) in [4.78, 5) is 6.06. The SMILES string of the molecule is CN=C(N)NC[C@@H](c1ccc(C)cc1)N(C)C. The fraction of sp³-hybridized carbons (Fsp3) is 0.462. The van der Waals surface area contributed by atoms with Crippen LogP contribution in [0.5, 0.6) is 0 Å². The van der Waals surface area contributed by atoms with Crippen LogP contribution >= 0.6 is 0 Å². The summed E-state index contributed by atoms with van der Waals surface area (Å²) < 4.78 is 0. The van der Waals surface area contributed by atoms with Gasteiger partial charge < -0.3 is 16.0 Å². The average Bonchev–Trinajstić information content (AvgIpc) is 2.31. The number of likely N-dealkylation sites (N-methyl/N-ethyl adjacent to an activating group) is 1. The third kappa shape index (κ3) is 4.07. The lowest BCUT2D eigenvalue weighted by Crippen LogP contribution is -2.38. The quantitative estimate of drug-likeness (QED) is 0.606. The monoisotopic (exact) mass is 234 g/mol. The highest BCUT2D eigenvalue weighted by atomic mass is 15.2. The minimum atomic E-state index is 0.288. The predicted octanol–water partition coefficient (Wildman–Crippen LogP) is 1.13. The molecule has 1 rings (SSSR count). The Morgan fingerprint density at radius 2 is 1.94 bits per heavy atom. The molecule has 3 N–H and O–H groups in total. The Balaban J connectivity index is 2.75. The van der Waals surface area contributed by atoms with Crippen molar-refractivity contribution < 1.29 is 0 Å². The Labute approximate surface area is 104 Å². The van der Waals surface area contributed by atoms with Gasteiger partial charge in [0.1, 0.15) is 0 Å². The third-order valence-corrected chi connectivity index (χ3v) is 2.80. The first-order chi connectivity index (χ1) is 8.04. The summed E-state index contributed by atoms with van der Waals surface area (Å²) in [5, 5.41) is 3.11. The molecule has 1 aromatic carbocycles. The topological polar surface area (TPSA) is 53.6 Å². The summed E-state index contributed by atoms with van der Waals surface area (Å²) in [6, 6.07) is 8.85. The first-order valence-electron chi connectivity index (χ1n) is 5.73. The van der Waals surface area contributed by atoms with E-state index < -0.39 is 0 Å². The summed E-state index contributed by atoms with van der Waals surface area (Å²) in [7, 11) is 5.80. The van der Waals surface area contributed by atoms with Gasteiger partial charge in [-0.3, -0.25) is 4.99 Å². The number of aryl methyl sites for hydroxylation is 1. The number of nitrogens with zero attached hydrogens (tertiary/aromatic N) is 2. The number of rotatable bonds is 4. The molecule has 0 aliphatic heterocycles. The van der Waals surface area contributed by atoms with Crippen molar-refractivity contribution in [3.05, 3.63) is 35.4 Å². The number of guanidine groups is 1. The lowest BCUT2D eigenvalue weighted by molar-refractivity contribution is 0.298. The van der Waals surface area contributed by atoms with Crippen molar-refractivity contribution in [2.45, 2.75) is 13.0 Å². The fourth-order valence-electron chi connectivity index (χ4n) is 1.67. The van der Waals surface area contributed by atoms with Crippen molar-refractivity contribution in [3.8, 4) is 0 Å². The van der Waals surface area contributed by atoms with Crippen LogP contribution in [0.25, 0.3) is 0 Å². The zero-order valence-electron chi connectivity index (χ0n) is 11.1. The van der Waals surface area contributed by atoms with Crippen LogP contribution in [0.1, 0.15) is 17.2 Å². The number of nitrogens with two attached hydrogens (primary N) is 1. The third-order valence-electron chi connectivity index (χ3n) is 2.80. The van der Waals surface area contributed by atoms with Crippen LogP contribution in [0.2, 0.25) is 0 Å². The largest absolute Gasteiger partial charge is 0.370 e. The predicted molar refractivity (Wildman–Crippen MR) is 73.2 cm³/mol. The van der Waals surface area contributed by atoms with E-state index in [0.717, 1.165) is 6.54 Å². The second-order valence-corrected chi connectivity index (χ2v) is 4.38. The Hall–Kier alpha value is -1.55. The summed E-state index contributed by atoms with van der Waals surface area (Å²) in [6.07, 6.45) is 0. The van der Waals surface area contributed by atoms with E-state index in [0.29, 0.717) is 5.96 Å². The van der Waals surface area contributed by atoms with Crippen LogP contribution in [0.15, 0.2) is 29.3 Å². The van der Waals surface area contributed by atoms with Gasteiger partial charge in [0.2, 0.25) is 0 Å². The molecule has 0 unspecified atom stereocenters. The highest BCUT2D eigenvalue weighted by molar-refractivity contribution is 5.77. The maximum Gasteiger partial charge on any atom is 0.188 e. The Morgan fingerprint density at radius 1 is 1.35 bits per heavy atom. The van der Waals surface area contributed by atoms with Crippen LogP contribution in [-0.2, 0) is 0 Å². The number of hydrogen-bond donors (Lipinski definition) is 2. The minimum Gasteiger partial charge on any atom is -0.370 e. The maximum absolute atomic E-state index is 5.64. The molecule has 0 saturated heterocycles. The van der Waals surface area contributed by atoms with Gasteiger partial charge in [0.15, 0.2) is 5.96 Å². The van der Waals surface area contributed by atoms with Gasteiger partial charge in [-0.05, 0) is 26.6 Å². The number of nitrogens with one attached hydrogen (secondary N) is 1. The molecule has 17 heavy (non-hydrogen) atoms. The van der Waals surface area contributed by atoms with Crippen molar-refractivity contribution in [1.29, 1.82) is 0 Å². The Kier molecular flexibility index (Phi) is 4.97. The number of hydrogen-bond acceptors (Lipinski definition) is 2. The summed E-state index contributed by atoms with van der Waals surface area (Å²) in [6.45, 7) is 2.84. The first kappa shape index (κ1) is 13.5. The zero-order valence-corrected chi connectivity index (χ0v) is 11.1. The van der Waals surface area contributed by atoms with E-state index in [-0.39, 0.29) is 6.04 Å². The van der Waals surface area contributed by atoms with Crippen LogP contribution in [-0.4, -0.2) is 38.5 Å². The van der Waals surface area contributed by atoms with Crippen molar-refractivity contribution >= 4 is 5.96 Å². The standard InChI is InChI=1S/C13H22N4/c1-10-5-7-11(8-6-10)12(17(3)4)9-16-13(14)15-2/h5-8,12H,9H2,1-4H3,(H3,14,15,16)/t12-/m0/s1. The molecule has 1 atom stereocenters. The molecule has 0 aromatic heterocycles. The zero-order chi connectivity index (χ0) is 12.8. The molecular weight excluding hydrogens is 212 g/mol. The fourth-order valence-corrected chi connectivity index (χ4v) is 1.67. The van der Waals surface area contributed by atoms with Gasteiger partial charge in [-0.25, -0.2) is 0 Å². The highest BCUT2D eigenvalue weighted by Gasteiger charge is 2.13. The van der Waals surface area contributed by atoms with Gasteiger partial charge in [-0.2, -0.15) is 0 Å². The van der Waals surface area contributed by atoms with E-state index in [1.807, 2.05) is 0 Å². The van der Waals surface area contributed by atoms with Crippen molar-refractivity contribution in [3.63, 3.8) is 0 Å². The molecule has 0 aliphatic rings. The molecule has 0 saturated carbocycles.